The van der Waals surface area contributed by atoms with Crippen LogP contribution in [0.25, 0.3) is 0 Å². The number of carbonyl (C=O) groups excluding carboxylic acids is 1. The maximum Gasteiger partial charge on any atom is 0.261 e. The van der Waals surface area contributed by atoms with Crippen molar-refractivity contribution in [3.05, 3.63) is 60.7 Å². The maximum atomic E-state index is 12.7. The Morgan fingerprint density at radius 1 is 0.968 bits per heavy atom. The second kappa shape index (κ2) is 9.37. The van der Waals surface area contributed by atoms with Crippen LogP contribution >= 0.6 is 0 Å². The highest BCUT2D eigenvalue weighted by molar-refractivity contribution is 6.99. The van der Waals surface area contributed by atoms with E-state index >= 15 is 0 Å². The molecule has 2 heterocycles. The SMILES string of the molecule is CC(C)(C)[Si](OCC[C@H]1O[C@H]2CCCO[C@@H]2CC1=O)(c1ccccc1)c1ccccc1. The van der Waals surface area contributed by atoms with Gasteiger partial charge in [-0.05, 0) is 28.3 Å². The predicted molar refractivity (Wildman–Crippen MR) is 125 cm³/mol. The highest BCUT2D eigenvalue weighted by atomic mass is 28.4. The Bertz CT molecular complexity index is 822. The van der Waals surface area contributed by atoms with E-state index in [0.717, 1.165) is 19.4 Å². The molecule has 4 rings (SSSR count). The van der Waals surface area contributed by atoms with Gasteiger partial charge in [-0.25, -0.2) is 0 Å². The van der Waals surface area contributed by atoms with Gasteiger partial charge in [-0.3, -0.25) is 4.79 Å². The quantitative estimate of drug-likeness (QED) is 0.643. The van der Waals surface area contributed by atoms with Crippen LogP contribution in [0.1, 0.15) is 46.5 Å². The van der Waals surface area contributed by atoms with Crippen LogP contribution in [-0.2, 0) is 18.7 Å². The molecule has 0 radical (unpaired) electrons. The fourth-order valence-corrected chi connectivity index (χ4v) is 9.66. The lowest BCUT2D eigenvalue weighted by atomic mass is 9.94. The van der Waals surface area contributed by atoms with Gasteiger partial charge in [-0.15, -0.1) is 0 Å². The lowest BCUT2D eigenvalue weighted by Gasteiger charge is -2.43. The van der Waals surface area contributed by atoms with E-state index in [4.69, 9.17) is 13.9 Å². The van der Waals surface area contributed by atoms with Gasteiger partial charge in [0, 0.05) is 26.1 Å². The molecule has 31 heavy (non-hydrogen) atoms. The van der Waals surface area contributed by atoms with E-state index in [1.807, 2.05) is 12.1 Å². The molecule has 0 unspecified atom stereocenters. The Balaban J connectivity index is 1.56. The van der Waals surface area contributed by atoms with Crippen molar-refractivity contribution in [1.82, 2.24) is 0 Å². The Morgan fingerprint density at radius 2 is 1.58 bits per heavy atom. The second-order valence-corrected chi connectivity index (χ2v) is 14.0. The van der Waals surface area contributed by atoms with E-state index in [1.54, 1.807) is 0 Å². The smallest absolute Gasteiger partial charge is 0.261 e. The van der Waals surface area contributed by atoms with Crippen molar-refractivity contribution in [3.63, 3.8) is 0 Å². The molecule has 0 bridgehead atoms. The van der Waals surface area contributed by atoms with Crippen LogP contribution in [0.2, 0.25) is 5.04 Å². The molecule has 0 amide bonds. The topological polar surface area (TPSA) is 44.8 Å². The summed E-state index contributed by atoms with van der Waals surface area (Å²) in [5.41, 5.74) is 0. The first kappa shape index (κ1) is 22.4. The van der Waals surface area contributed by atoms with Crippen LogP contribution in [0.4, 0.5) is 0 Å². The minimum absolute atomic E-state index is 0.0457. The molecule has 2 aliphatic heterocycles. The predicted octanol–water partition coefficient (Wildman–Crippen LogP) is 3.86. The summed E-state index contributed by atoms with van der Waals surface area (Å²) in [6, 6.07) is 21.2. The first-order valence-electron chi connectivity index (χ1n) is 11.5. The van der Waals surface area contributed by atoms with Gasteiger partial charge >= 0.3 is 0 Å². The zero-order valence-electron chi connectivity index (χ0n) is 18.9. The standard InChI is InChI=1S/C26H34O4Si/c1-26(2,3)31(20-11-6-4-7-12-20,21-13-8-5-9-14-21)29-18-16-23-22(27)19-25-24(30-23)15-10-17-28-25/h4-9,11-14,23-25H,10,15-19H2,1-3H3/t23-,24+,25-/m1/s1. The molecular formula is C26H34O4Si. The minimum Gasteiger partial charge on any atom is -0.407 e. The van der Waals surface area contributed by atoms with Crippen LogP contribution < -0.4 is 10.4 Å². The molecule has 3 atom stereocenters. The molecule has 2 aromatic rings. The molecule has 2 aromatic carbocycles. The van der Waals surface area contributed by atoms with Gasteiger partial charge < -0.3 is 13.9 Å². The van der Waals surface area contributed by atoms with E-state index < -0.39 is 8.32 Å². The zero-order valence-corrected chi connectivity index (χ0v) is 19.9. The Labute approximate surface area is 187 Å². The Hall–Kier alpha value is -1.79. The molecule has 0 aliphatic carbocycles. The summed E-state index contributed by atoms with van der Waals surface area (Å²) in [6.45, 7) is 8.05. The van der Waals surface area contributed by atoms with Gasteiger partial charge in [0.2, 0.25) is 0 Å². The lowest BCUT2D eigenvalue weighted by Crippen LogP contribution is -2.66. The monoisotopic (exact) mass is 438 g/mol. The number of ketones is 1. The van der Waals surface area contributed by atoms with Crippen molar-refractivity contribution < 1.29 is 18.7 Å². The molecule has 0 aromatic heterocycles. The minimum atomic E-state index is -2.58. The Morgan fingerprint density at radius 3 is 2.16 bits per heavy atom. The maximum absolute atomic E-state index is 12.7. The number of rotatable bonds is 6. The molecule has 2 aliphatic rings. The summed E-state index contributed by atoms with van der Waals surface area (Å²) in [4.78, 5) is 12.7. The average molecular weight is 439 g/mol. The Kier molecular flexibility index (Phi) is 6.77. The molecular weight excluding hydrogens is 404 g/mol. The first-order valence-corrected chi connectivity index (χ1v) is 13.4. The number of hydrogen-bond donors (Lipinski definition) is 0. The van der Waals surface area contributed by atoms with Gasteiger partial charge in [0.1, 0.15) is 6.10 Å². The van der Waals surface area contributed by atoms with Crippen molar-refractivity contribution in [1.29, 1.82) is 0 Å². The van der Waals surface area contributed by atoms with Gasteiger partial charge in [0.15, 0.2) is 5.78 Å². The molecule has 4 nitrogen and oxygen atoms in total. The third-order valence-electron chi connectivity index (χ3n) is 6.60. The summed E-state index contributed by atoms with van der Waals surface area (Å²) >= 11 is 0. The molecule has 166 valence electrons. The van der Waals surface area contributed by atoms with Crippen LogP contribution in [0.15, 0.2) is 60.7 Å². The van der Waals surface area contributed by atoms with E-state index in [1.165, 1.54) is 10.4 Å². The molecule has 0 spiro atoms. The van der Waals surface area contributed by atoms with Gasteiger partial charge in [0.05, 0.1) is 12.2 Å². The number of hydrogen-bond acceptors (Lipinski definition) is 4. The summed E-state index contributed by atoms with van der Waals surface area (Å²) in [5.74, 6) is 0.147. The highest BCUT2D eigenvalue weighted by Gasteiger charge is 2.50. The van der Waals surface area contributed by atoms with E-state index in [-0.39, 0.29) is 29.1 Å². The molecule has 0 N–H and O–H groups in total. The summed E-state index contributed by atoms with van der Waals surface area (Å²) in [7, 11) is -2.58. The first-order chi connectivity index (χ1) is 14.9. The number of Topliss-reactive ketones (excluding diaryl/α,β-unsaturated/α-hetero) is 1. The van der Waals surface area contributed by atoms with E-state index in [0.29, 0.717) is 19.4 Å². The van der Waals surface area contributed by atoms with Crippen molar-refractivity contribution in [2.75, 3.05) is 13.2 Å². The number of fused-ring (bicyclic) bond motifs is 1. The van der Waals surface area contributed by atoms with E-state index in [9.17, 15) is 4.79 Å². The molecule has 5 heteroatoms. The third-order valence-corrected chi connectivity index (χ3v) is 11.6. The van der Waals surface area contributed by atoms with E-state index in [2.05, 4.69) is 69.3 Å². The van der Waals surface area contributed by atoms with Crippen molar-refractivity contribution in [2.24, 2.45) is 0 Å². The second-order valence-electron chi connectivity index (χ2n) is 9.69. The third kappa shape index (κ3) is 4.56. The van der Waals surface area contributed by atoms with Crippen molar-refractivity contribution in [2.45, 2.75) is 69.8 Å². The fourth-order valence-electron chi connectivity index (χ4n) is 5.08. The average Bonchev–Trinajstić information content (AvgIpc) is 2.77. The number of carbonyl (C=O) groups is 1. The molecule has 2 fully saturated rings. The number of ether oxygens (including phenoxy) is 2. The van der Waals surface area contributed by atoms with Crippen LogP contribution in [0.5, 0.6) is 0 Å². The van der Waals surface area contributed by atoms with Crippen molar-refractivity contribution in [3.8, 4) is 0 Å². The van der Waals surface area contributed by atoms with Crippen LogP contribution in [0, 0.1) is 0 Å². The molecule has 2 saturated heterocycles. The van der Waals surface area contributed by atoms with Gasteiger partial charge in [0.25, 0.3) is 8.32 Å². The zero-order chi connectivity index (χ0) is 21.9. The fraction of sp³-hybridized carbons (Fsp3) is 0.500. The van der Waals surface area contributed by atoms with Crippen LogP contribution in [-0.4, -0.2) is 45.6 Å². The normalized spacial score (nSPS) is 24.6. The van der Waals surface area contributed by atoms with Crippen LogP contribution in [0.3, 0.4) is 0 Å². The summed E-state index contributed by atoms with van der Waals surface area (Å²) in [5, 5.41) is 2.44. The van der Waals surface area contributed by atoms with Gasteiger partial charge in [-0.2, -0.15) is 0 Å². The lowest BCUT2D eigenvalue weighted by molar-refractivity contribution is -0.178. The van der Waals surface area contributed by atoms with Crippen molar-refractivity contribution >= 4 is 24.5 Å². The number of benzene rings is 2. The summed E-state index contributed by atoms with van der Waals surface area (Å²) in [6.07, 6.45) is 2.63. The van der Waals surface area contributed by atoms with Gasteiger partial charge in [-0.1, -0.05) is 81.4 Å². The summed E-state index contributed by atoms with van der Waals surface area (Å²) < 4.78 is 18.9. The highest BCUT2D eigenvalue weighted by Crippen LogP contribution is 2.37. The molecule has 0 saturated carbocycles. The largest absolute Gasteiger partial charge is 0.407 e.